The monoisotopic (exact) mass is 342 g/mol. The van der Waals surface area contributed by atoms with E-state index in [1.54, 1.807) is 6.07 Å². The van der Waals surface area contributed by atoms with Gasteiger partial charge in [0, 0.05) is 24.7 Å². The van der Waals surface area contributed by atoms with Gasteiger partial charge in [-0.25, -0.2) is 0 Å². The van der Waals surface area contributed by atoms with Gasteiger partial charge in [0.05, 0.1) is 0 Å². The van der Waals surface area contributed by atoms with E-state index < -0.39 is 0 Å². The predicted octanol–water partition coefficient (Wildman–Crippen LogP) is 3.37. The highest BCUT2D eigenvalue weighted by atomic mass is 16.5. The Morgan fingerprint density at radius 2 is 2.16 bits per heavy atom. The lowest BCUT2D eigenvalue weighted by Gasteiger charge is -2.34. The standard InChI is InChI=1S/C20H26N2O3/c1-14(21)16-7-6-10-22(12-16)20(23)19-11-17(15(2)25-19)13-24-18-8-4-3-5-9-18/h3-5,8-9,11,14,16H,6-7,10,12-13,21H2,1-2H3/t14-,16+/m1/s1. The van der Waals surface area contributed by atoms with Crippen LogP contribution in [0.2, 0.25) is 0 Å². The van der Waals surface area contributed by atoms with Gasteiger partial charge in [0.2, 0.25) is 0 Å². The lowest BCUT2D eigenvalue weighted by Crippen LogP contribution is -2.44. The SMILES string of the molecule is Cc1oc(C(=O)N2CCC[C@H]([C@@H](C)N)C2)cc1COc1ccccc1. The Morgan fingerprint density at radius 1 is 1.40 bits per heavy atom. The second kappa shape index (κ2) is 7.74. The minimum absolute atomic E-state index is 0.0561. The first kappa shape index (κ1) is 17.5. The van der Waals surface area contributed by atoms with Gasteiger partial charge in [-0.2, -0.15) is 0 Å². The number of benzene rings is 1. The van der Waals surface area contributed by atoms with Crippen molar-refractivity contribution in [3.63, 3.8) is 0 Å². The summed E-state index contributed by atoms with van der Waals surface area (Å²) in [7, 11) is 0. The number of aryl methyl sites for hydroxylation is 1. The number of furan rings is 1. The molecule has 0 spiro atoms. The van der Waals surface area contributed by atoms with Crippen LogP contribution in [0.25, 0.3) is 0 Å². The number of para-hydroxylation sites is 1. The zero-order chi connectivity index (χ0) is 17.8. The van der Waals surface area contributed by atoms with Crippen molar-refractivity contribution < 1.29 is 13.9 Å². The third-order valence-corrected chi connectivity index (χ3v) is 4.86. The van der Waals surface area contributed by atoms with Crippen molar-refractivity contribution in [3.8, 4) is 5.75 Å². The fourth-order valence-corrected chi connectivity index (χ4v) is 3.23. The molecule has 5 nitrogen and oxygen atoms in total. The molecule has 1 aromatic heterocycles. The average molecular weight is 342 g/mol. The van der Waals surface area contributed by atoms with Gasteiger partial charge in [0.25, 0.3) is 5.91 Å². The minimum atomic E-state index is -0.0561. The first-order chi connectivity index (χ1) is 12.0. The highest BCUT2D eigenvalue weighted by molar-refractivity contribution is 5.91. The van der Waals surface area contributed by atoms with Crippen LogP contribution in [0.4, 0.5) is 0 Å². The van der Waals surface area contributed by atoms with Crippen LogP contribution in [-0.4, -0.2) is 29.9 Å². The Kier molecular flexibility index (Phi) is 5.43. The molecule has 1 saturated heterocycles. The van der Waals surface area contributed by atoms with E-state index in [0.29, 0.717) is 24.8 Å². The molecule has 2 aromatic rings. The second-order valence-electron chi connectivity index (χ2n) is 6.81. The van der Waals surface area contributed by atoms with E-state index in [9.17, 15) is 4.79 Å². The molecule has 5 heteroatoms. The summed E-state index contributed by atoms with van der Waals surface area (Å²) in [6.45, 7) is 5.72. The Morgan fingerprint density at radius 3 is 2.88 bits per heavy atom. The lowest BCUT2D eigenvalue weighted by molar-refractivity contribution is 0.0627. The van der Waals surface area contributed by atoms with Crippen LogP contribution in [-0.2, 0) is 6.61 Å². The highest BCUT2D eigenvalue weighted by Gasteiger charge is 2.28. The summed E-state index contributed by atoms with van der Waals surface area (Å²) in [6.07, 6.45) is 2.07. The van der Waals surface area contributed by atoms with Gasteiger partial charge in [-0.05, 0) is 50.8 Å². The number of carbonyl (C=O) groups is 1. The number of nitrogens with zero attached hydrogens (tertiary/aromatic N) is 1. The van der Waals surface area contributed by atoms with Gasteiger partial charge in [0.15, 0.2) is 5.76 Å². The number of carbonyl (C=O) groups excluding carboxylic acids is 1. The van der Waals surface area contributed by atoms with E-state index in [1.165, 1.54) is 0 Å². The number of piperidine rings is 1. The predicted molar refractivity (Wildman–Crippen MR) is 96.5 cm³/mol. The number of likely N-dealkylation sites (tertiary alicyclic amines) is 1. The van der Waals surface area contributed by atoms with E-state index in [1.807, 2.05) is 49.1 Å². The van der Waals surface area contributed by atoms with Crippen molar-refractivity contribution in [2.75, 3.05) is 13.1 Å². The number of hydrogen-bond acceptors (Lipinski definition) is 4. The van der Waals surface area contributed by atoms with Gasteiger partial charge in [0.1, 0.15) is 18.1 Å². The number of hydrogen-bond donors (Lipinski definition) is 1. The number of rotatable bonds is 5. The normalized spacial score (nSPS) is 18.8. The number of nitrogens with two attached hydrogens (primary N) is 1. The largest absolute Gasteiger partial charge is 0.489 e. The molecular weight excluding hydrogens is 316 g/mol. The van der Waals surface area contributed by atoms with Crippen molar-refractivity contribution in [1.29, 1.82) is 0 Å². The molecule has 0 unspecified atom stereocenters. The molecule has 0 aliphatic carbocycles. The molecule has 1 aromatic carbocycles. The van der Waals surface area contributed by atoms with Crippen molar-refractivity contribution in [2.45, 2.75) is 39.3 Å². The van der Waals surface area contributed by atoms with Crippen molar-refractivity contribution >= 4 is 5.91 Å². The molecular formula is C20H26N2O3. The molecule has 1 aliphatic rings. The molecule has 25 heavy (non-hydrogen) atoms. The maximum Gasteiger partial charge on any atom is 0.289 e. The summed E-state index contributed by atoms with van der Waals surface area (Å²) >= 11 is 0. The van der Waals surface area contributed by atoms with Gasteiger partial charge in [-0.3, -0.25) is 4.79 Å². The summed E-state index contributed by atoms with van der Waals surface area (Å²) in [4.78, 5) is 14.6. The molecule has 1 aliphatic heterocycles. The van der Waals surface area contributed by atoms with E-state index in [0.717, 1.165) is 36.5 Å². The van der Waals surface area contributed by atoms with Crippen LogP contribution < -0.4 is 10.5 Å². The maximum absolute atomic E-state index is 12.8. The van der Waals surface area contributed by atoms with Gasteiger partial charge >= 0.3 is 0 Å². The fourth-order valence-electron chi connectivity index (χ4n) is 3.23. The average Bonchev–Trinajstić information content (AvgIpc) is 3.01. The number of ether oxygens (including phenoxy) is 1. The summed E-state index contributed by atoms with van der Waals surface area (Å²) < 4.78 is 11.5. The van der Waals surface area contributed by atoms with Crippen molar-refractivity contribution in [3.05, 3.63) is 53.5 Å². The van der Waals surface area contributed by atoms with Crippen LogP contribution in [0, 0.1) is 12.8 Å². The molecule has 2 heterocycles. The Labute approximate surface area is 148 Å². The summed E-state index contributed by atoms with van der Waals surface area (Å²) in [6, 6.07) is 11.5. The van der Waals surface area contributed by atoms with E-state index in [-0.39, 0.29) is 11.9 Å². The summed E-state index contributed by atoms with van der Waals surface area (Å²) in [5, 5.41) is 0. The van der Waals surface area contributed by atoms with Crippen LogP contribution >= 0.6 is 0 Å². The molecule has 2 N–H and O–H groups in total. The van der Waals surface area contributed by atoms with Crippen molar-refractivity contribution in [2.24, 2.45) is 11.7 Å². The first-order valence-electron chi connectivity index (χ1n) is 8.86. The van der Waals surface area contributed by atoms with Crippen LogP contribution in [0.3, 0.4) is 0 Å². The third-order valence-electron chi connectivity index (χ3n) is 4.86. The van der Waals surface area contributed by atoms with Gasteiger partial charge in [-0.1, -0.05) is 18.2 Å². The van der Waals surface area contributed by atoms with Gasteiger partial charge < -0.3 is 19.8 Å². The molecule has 0 bridgehead atoms. The summed E-state index contributed by atoms with van der Waals surface area (Å²) in [5.74, 6) is 2.20. The summed E-state index contributed by atoms with van der Waals surface area (Å²) in [5.41, 5.74) is 6.91. The molecule has 0 radical (unpaired) electrons. The zero-order valence-electron chi connectivity index (χ0n) is 14.9. The Hall–Kier alpha value is -2.27. The smallest absolute Gasteiger partial charge is 0.289 e. The Bertz CT molecular complexity index is 709. The molecule has 1 fully saturated rings. The number of amides is 1. The van der Waals surface area contributed by atoms with Gasteiger partial charge in [-0.15, -0.1) is 0 Å². The lowest BCUT2D eigenvalue weighted by atomic mass is 9.92. The molecule has 0 saturated carbocycles. The topological polar surface area (TPSA) is 68.7 Å². The van der Waals surface area contributed by atoms with Crippen LogP contribution in [0.5, 0.6) is 5.75 Å². The van der Waals surface area contributed by atoms with E-state index >= 15 is 0 Å². The third kappa shape index (κ3) is 4.23. The first-order valence-corrected chi connectivity index (χ1v) is 8.86. The zero-order valence-corrected chi connectivity index (χ0v) is 14.9. The maximum atomic E-state index is 12.8. The fraction of sp³-hybridized carbons (Fsp3) is 0.450. The van der Waals surface area contributed by atoms with E-state index in [4.69, 9.17) is 14.9 Å². The van der Waals surface area contributed by atoms with Crippen LogP contribution in [0.15, 0.2) is 40.8 Å². The highest BCUT2D eigenvalue weighted by Crippen LogP contribution is 2.23. The molecule has 2 atom stereocenters. The molecule has 134 valence electrons. The van der Waals surface area contributed by atoms with Crippen molar-refractivity contribution in [1.82, 2.24) is 4.90 Å². The van der Waals surface area contributed by atoms with Crippen LogP contribution in [0.1, 0.15) is 41.6 Å². The molecule has 1 amide bonds. The quantitative estimate of drug-likeness (QED) is 0.904. The second-order valence-corrected chi connectivity index (χ2v) is 6.81. The Balaban J connectivity index is 1.65. The minimum Gasteiger partial charge on any atom is -0.489 e. The molecule has 3 rings (SSSR count). The van der Waals surface area contributed by atoms with E-state index in [2.05, 4.69) is 0 Å².